The number of epoxide rings is 1. The molecule has 3 saturated carbocycles. The first-order valence-corrected chi connectivity index (χ1v) is 11.9. The molecule has 1 spiro atoms. The van der Waals surface area contributed by atoms with E-state index in [0.29, 0.717) is 37.0 Å². The number of ether oxygens (including phenoxy) is 3. The maximum atomic E-state index is 12.4. The highest BCUT2D eigenvalue weighted by atomic mass is 16.6. The van der Waals surface area contributed by atoms with E-state index in [-0.39, 0.29) is 46.7 Å². The smallest absolute Gasteiger partial charge is 0.306 e. The summed E-state index contributed by atoms with van der Waals surface area (Å²) in [5.74, 6) is 1.01. The predicted molar refractivity (Wildman–Crippen MR) is 110 cm³/mol. The Balaban J connectivity index is 1.45. The third kappa shape index (κ3) is 2.40. The summed E-state index contributed by atoms with van der Waals surface area (Å²) in [6.45, 7) is 4.61. The molecule has 0 radical (unpaired) electrons. The van der Waals surface area contributed by atoms with Gasteiger partial charge in [0.15, 0.2) is 5.78 Å². The minimum atomic E-state index is -0.422. The van der Waals surface area contributed by atoms with E-state index >= 15 is 0 Å². The van der Waals surface area contributed by atoms with Crippen molar-refractivity contribution >= 4 is 17.7 Å². The van der Waals surface area contributed by atoms with Gasteiger partial charge in [-0.1, -0.05) is 19.4 Å². The van der Waals surface area contributed by atoms with E-state index in [2.05, 4.69) is 13.8 Å². The number of carbonyl (C=O) groups is 3. The molecule has 4 aliphatic carbocycles. The summed E-state index contributed by atoms with van der Waals surface area (Å²) >= 11 is 0. The number of hydrogen-bond donors (Lipinski definition) is 0. The van der Waals surface area contributed by atoms with Gasteiger partial charge in [0.2, 0.25) is 0 Å². The minimum absolute atomic E-state index is 0.0615. The lowest BCUT2D eigenvalue weighted by atomic mass is 9.44. The highest BCUT2D eigenvalue weighted by Gasteiger charge is 2.79. The van der Waals surface area contributed by atoms with Crippen LogP contribution in [0.25, 0.3) is 0 Å². The fourth-order valence-corrected chi connectivity index (χ4v) is 8.87. The molecular formula is C25H32O6. The highest BCUT2D eigenvalue weighted by molar-refractivity contribution is 5.91. The largest absolute Gasteiger partial charge is 0.469 e. The molecule has 3 unspecified atom stereocenters. The Bertz CT molecular complexity index is 908. The van der Waals surface area contributed by atoms with Crippen LogP contribution in [0.15, 0.2) is 11.6 Å². The lowest BCUT2D eigenvalue weighted by molar-refractivity contribution is -0.167. The van der Waals surface area contributed by atoms with E-state index in [4.69, 9.17) is 14.2 Å². The fourth-order valence-electron chi connectivity index (χ4n) is 8.87. The van der Waals surface area contributed by atoms with Crippen molar-refractivity contribution in [2.24, 2.45) is 34.5 Å². The zero-order valence-corrected chi connectivity index (χ0v) is 18.6. The number of allylic oxidation sites excluding steroid dienone is 1. The molecule has 2 heterocycles. The molecule has 168 valence electrons. The summed E-state index contributed by atoms with van der Waals surface area (Å²) in [6.07, 6.45) is 7.83. The quantitative estimate of drug-likeness (QED) is 0.495. The van der Waals surface area contributed by atoms with E-state index in [0.717, 1.165) is 32.1 Å². The second-order valence-electron chi connectivity index (χ2n) is 11.3. The number of esters is 2. The van der Waals surface area contributed by atoms with E-state index in [1.165, 1.54) is 12.7 Å². The maximum absolute atomic E-state index is 12.4. The first kappa shape index (κ1) is 20.0. The molecule has 0 bridgehead atoms. The Morgan fingerprint density at radius 3 is 2.71 bits per heavy atom. The van der Waals surface area contributed by atoms with Gasteiger partial charge in [0.25, 0.3) is 0 Å². The molecule has 0 N–H and O–H groups in total. The van der Waals surface area contributed by atoms with Crippen LogP contribution < -0.4 is 0 Å². The van der Waals surface area contributed by atoms with Gasteiger partial charge in [0.05, 0.1) is 19.3 Å². The van der Waals surface area contributed by atoms with E-state index in [9.17, 15) is 14.4 Å². The van der Waals surface area contributed by atoms with Gasteiger partial charge >= 0.3 is 11.9 Å². The Morgan fingerprint density at radius 2 is 2.00 bits per heavy atom. The lowest BCUT2D eigenvalue weighted by Gasteiger charge is -2.59. The van der Waals surface area contributed by atoms with Crippen LogP contribution in [0.5, 0.6) is 0 Å². The van der Waals surface area contributed by atoms with E-state index in [1.54, 1.807) is 0 Å². The SMILES string of the molecule is COC(=O)C[C@@H]1CC2=CC(=O)CC[C@]2(C)C2C1C1CC[C@@]3(CCC(=O)O3)[C@@]1(C)[C@H]1O[C@@H]21. The van der Waals surface area contributed by atoms with Crippen molar-refractivity contribution in [3.8, 4) is 0 Å². The number of rotatable bonds is 2. The van der Waals surface area contributed by atoms with Crippen LogP contribution in [0.1, 0.15) is 65.2 Å². The minimum Gasteiger partial charge on any atom is -0.469 e. The summed E-state index contributed by atoms with van der Waals surface area (Å²) < 4.78 is 17.6. The van der Waals surface area contributed by atoms with Crippen molar-refractivity contribution in [3.63, 3.8) is 0 Å². The van der Waals surface area contributed by atoms with Crippen molar-refractivity contribution in [1.29, 1.82) is 0 Å². The van der Waals surface area contributed by atoms with Crippen LogP contribution in [-0.2, 0) is 28.6 Å². The standard InChI is InChI=1S/C25H32O6/c1-23-7-4-15(26)12-14(23)10-13(11-18(28)29-3)19-16-5-8-25(9-6-17(27)31-25)24(16,2)22-21(30-22)20(19)23/h12-13,16,19-22H,4-11H2,1-3H3/t13-,16?,19?,20?,21-,22-,23-,24+,25+/m0/s1. The van der Waals surface area contributed by atoms with Crippen molar-refractivity contribution < 1.29 is 28.6 Å². The molecule has 31 heavy (non-hydrogen) atoms. The van der Waals surface area contributed by atoms with Crippen molar-refractivity contribution in [1.82, 2.24) is 0 Å². The summed E-state index contributed by atoms with van der Waals surface area (Å²) in [5, 5.41) is 0. The van der Waals surface area contributed by atoms with Crippen molar-refractivity contribution in [2.45, 2.75) is 83.0 Å². The maximum Gasteiger partial charge on any atom is 0.306 e. The number of hydrogen-bond acceptors (Lipinski definition) is 6. The Labute approximate surface area is 183 Å². The number of fused-ring (bicyclic) bond motifs is 9. The van der Waals surface area contributed by atoms with Crippen LogP contribution in [-0.4, -0.2) is 42.6 Å². The lowest BCUT2D eigenvalue weighted by Crippen LogP contribution is -2.61. The van der Waals surface area contributed by atoms with Gasteiger partial charge in [-0.15, -0.1) is 0 Å². The fraction of sp³-hybridized carbons (Fsp3) is 0.800. The van der Waals surface area contributed by atoms with Crippen LogP contribution in [0.3, 0.4) is 0 Å². The van der Waals surface area contributed by atoms with Crippen LogP contribution in [0.4, 0.5) is 0 Å². The molecule has 2 saturated heterocycles. The summed E-state index contributed by atoms with van der Waals surface area (Å²) in [5.41, 5.74) is 0.515. The van der Waals surface area contributed by atoms with E-state index < -0.39 is 5.60 Å². The van der Waals surface area contributed by atoms with Crippen molar-refractivity contribution in [2.75, 3.05) is 7.11 Å². The second-order valence-corrected chi connectivity index (χ2v) is 11.3. The number of carbonyl (C=O) groups excluding carboxylic acids is 3. The molecule has 0 amide bonds. The molecule has 0 aromatic heterocycles. The summed E-state index contributed by atoms with van der Waals surface area (Å²) in [7, 11) is 1.45. The van der Waals surface area contributed by atoms with Gasteiger partial charge in [0.1, 0.15) is 5.60 Å². The molecule has 2 aliphatic heterocycles. The molecule has 9 atom stereocenters. The molecule has 6 rings (SSSR count). The van der Waals surface area contributed by atoms with Gasteiger partial charge in [-0.05, 0) is 61.3 Å². The van der Waals surface area contributed by atoms with Gasteiger partial charge < -0.3 is 14.2 Å². The molecule has 6 aliphatic rings. The average Bonchev–Trinajstić information content (AvgIpc) is 3.37. The highest BCUT2D eigenvalue weighted by Crippen LogP contribution is 2.75. The summed E-state index contributed by atoms with van der Waals surface area (Å²) in [4.78, 5) is 36.9. The Hall–Kier alpha value is -1.69. The monoisotopic (exact) mass is 428 g/mol. The molecule has 6 nitrogen and oxygen atoms in total. The van der Waals surface area contributed by atoms with Gasteiger partial charge in [-0.3, -0.25) is 14.4 Å². The summed E-state index contributed by atoms with van der Waals surface area (Å²) in [6, 6.07) is 0. The first-order chi connectivity index (χ1) is 14.7. The molecule has 0 aromatic carbocycles. The van der Waals surface area contributed by atoms with Crippen LogP contribution in [0.2, 0.25) is 0 Å². The topological polar surface area (TPSA) is 82.2 Å². The molecule has 6 heteroatoms. The van der Waals surface area contributed by atoms with Gasteiger partial charge in [-0.2, -0.15) is 0 Å². The Kier molecular flexibility index (Phi) is 4.00. The number of ketones is 1. The van der Waals surface area contributed by atoms with Crippen molar-refractivity contribution in [3.05, 3.63) is 11.6 Å². The van der Waals surface area contributed by atoms with Gasteiger partial charge in [0, 0.05) is 30.6 Å². The molecular weight excluding hydrogens is 396 g/mol. The Morgan fingerprint density at radius 1 is 1.19 bits per heavy atom. The normalized spacial score (nSPS) is 51.9. The second kappa shape index (κ2) is 6.21. The zero-order valence-electron chi connectivity index (χ0n) is 18.6. The van der Waals surface area contributed by atoms with E-state index in [1.807, 2.05) is 6.08 Å². The third-order valence-corrected chi connectivity index (χ3v) is 10.4. The average molecular weight is 429 g/mol. The third-order valence-electron chi connectivity index (χ3n) is 10.4. The zero-order chi connectivity index (χ0) is 21.8. The van der Waals surface area contributed by atoms with Crippen LogP contribution >= 0.6 is 0 Å². The first-order valence-electron chi connectivity index (χ1n) is 11.9. The number of methoxy groups -OCH3 is 1. The molecule has 5 fully saturated rings. The van der Waals surface area contributed by atoms with Gasteiger partial charge in [-0.25, -0.2) is 0 Å². The predicted octanol–water partition coefficient (Wildman–Crippen LogP) is 3.37. The van der Waals surface area contributed by atoms with Crippen LogP contribution in [0, 0.1) is 34.5 Å². The molecule has 0 aromatic rings.